The Morgan fingerprint density at radius 2 is 1.88 bits per heavy atom. The molecular formula is C19H21N5O. The molecule has 1 fully saturated rings. The number of hydrogen-bond donors (Lipinski definition) is 1. The van der Waals surface area contributed by atoms with Crippen molar-refractivity contribution in [3.8, 4) is 11.3 Å². The van der Waals surface area contributed by atoms with Crippen LogP contribution in [0.1, 0.15) is 37.1 Å². The average Bonchev–Trinajstić information content (AvgIpc) is 3.30. The maximum absolute atomic E-state index is 12.2. The third-order valence-electron chi connectivity index (χ3n) is 4.82. The maximum Gasteiger partial charge on any atom is 0.223 e. The zero-order valence-electron chi connectivity index (χ0n) is 14.3. The van der Waals surface area contributed by atoms with Crippen LogP contribution in [0.3, 0.4) is 0 Å². The van der Waals surface area contributed by atoms with Crippen LogP contribution in [0.2, 0.25) is 0 Å². The van der Waals surface area contributed by atoms with Gasteiger partial charge in [-0.2, -0.15) is 9.61 Å². The minimum Gasteiger partial charge on any atom is -0.348 e. The Morgan fingerprint density at radius 1 is 1.12 bits per heavy atom. The van der Waals surface area contributed by atoms with Crippen molar-refractivity contribution in [2.45, 2.75) is 39.2 Å². The molecule has 4 rings (SSSR count). The number of nitrogens with zero attached hydrogens (tertiary/aromatic N) is 4. The largest absolute Gasteiger partial charge is 0.348 e. The molecular weight excluding hydrogens is 314 g/mol. The number of aromatic nitrogens is 4. The highest BCUT2D eigenvalue weighted by Crippen LogP contribution is 2.24. The first-order valence-corrected chi connectivity index (χ1v) is 8.77. The summed E-state index contributed by atoms with van der Waals surface area (Å²) in [5, 5.41) is 16.0. The van der Waals surface area contributed by atoms with Gasteiger partial charge < -0.3 is 5.32 Å². The van der Waals surface area contributed by atoms with Gasteiger partial charge in [0.1, 0.15) is 0 Å². The van der Waals surface area contributed by atoms with Crippen LogP contribution in [-0.4, -0.2) is 25.7 Å². The summed E-state index contributed by atoms with van der Waals surface area (Å²) >= 11 is 0. The van der Waals surface area contributed by atoms with E-state index in [9.17, 15) is 4.79 Å². The molecule has 1 saturated carbocycles. The van der Waals surface area contributed by atoms with Crippen LogP contribution in [0.4, 0.5) is 0 Å². The van der Waals surface area contributed by atoms with Gasteiger partial charge in [-0.15, -0.1) is 10.2 Å². The molecule has 0 bridgehead atoms. The van der Waals surface area contributed by atoms with E-state index in [-0.39, 0.29) is 11.8 Å². The molecule has 1 aliphatic rings. The van der Waals surface area contributed by atoms with E-state index in [2.05, 4.69) is 51.8 Å². The van der Waals surface area contributed by atoms with Crippen molar-refractivity contribution in [2.24, 2.45) is 5.92 Å². The number of amides is 1. The molecule has 0 unspecified atom stereocenters. The van der Waals surface area contributed by atoms with E-state index in [0.29, 0.717) is 18.0 Å². The number of nitrogens with one attached hydrogen (secondary N) is 1. The molecule has 6 nitrogen and oxygen atoms in total. The van der Waals surface area contributed by atoms with Crippen LogP contribution in [0, 0.1) is 12.8 Å². The Kier molecular flexibility index (Phi) is 4.17. The summed E-state index contributed by atoms with van der Waals surface area (Å²) in [6.45, 7) is 2.41. The summed E-state index contributed by atoms with van der Waals surface area (Å²) in [6, 6.07) is 12.1. The minimum absolute atomic E-state index is 0.115. The number of hydrogen-bond acceptors (Lipinski definition) is 4. The fraction of sp³-hybridized carbons (Fsp3) is 0.368. The van der Waals surface area contributed by atoms with Gasteiger partial charge in [0.05, 0.1) is 12.2 Å². The lowest BCUT2D eigenvalue weighted by Gasteiger charge is -2.09. The quantitative estimate of drug-likeness (QED) is 0.796. The summed E-state index contributed by atoms with van der Waals surface area (Å²) in [5.41, 5.74) is 3.79. The van der Waals surface area contributed by atoms with E-state index in [1.54, 1.807) is 4.52 Å². The second-order valence-corrected chi connectivity index (χ2v) is 6.67. The molecule has 25 heavy (non-hydrogen) atoms. The molecule has 0 saturated heterocycles. The molecule has 0 aliphatic heterocycles. The number of benzene rings is 1. The highest BCUT2D eigenvalue weighted by molar-refractivity contribution is 5.78. The second kappa shape index (κ2) is 6.63. The van der Waals surface area contributed by atoms with Gasteiger partial charge in [-0.05, 0) is 31.9 Å². The first-order valence-electron chi connectivity index (χ1n) is 8.77. The first-order chi connectivity index (χ1) is 12.2. The van der Waals surface area contributed by atoms with Crippen molar-refractivity contribution in [1.29, 1.82) is 0 Å². The molecule has 1 N–H and O–H groups in total. The summed E-state index contributed by atoms with van der Waals surface area (Å²) in [7, 11) is 0. The van der Waals surface area contributed by atoms with Crippen LogP contribution in [-0.2, 0) is 11.3 Å². The van der Waals surface area contributed by atoms with Crippen LogP contribution < -0.4 is 5.32 Å². The second-order valence-electron chi connectivity index (χ2n) is 6.67. The number of carbonyl (C=O) groups is 1. The van der Waals surface area contributed by atoms with Crippen molar-refractivity contribution in [1.82, 2.24) is 25.1 Å². The lowest BCUT2D eigenvalue weighted by Crippen LogP contribution is -2.29. The molecule has 0 atom stereocenters. The highest BCUT2D eigenvalue weighted by Gasteiger charge is 2.22. The number of rotatable bonds is 4. The van der Waals surface area contributed by atoms with Crippen molar-refractivity contribution < 1.29 is 4.79 Å². The fourth-order valence-corrected chi connectivity index (χ4v) is 3.32. The van der Waals surface area contributed by atoms with E-state index in [0.717, 1.165) is 36.9 Å². The third-order valence-corrected chi connectivity index (χ3v) is 4.82. The Labute approximate surface area is 146 Å². The predicted molar refractivity (Wildman–Crippen MR) is 94.8 cm³/mol. The van der Waals surface area contributed by atoms with Gasteiger partial charge in [-0.3, -0.25) is 4.79 Å². The fourth-order valence-electron chi connectivity index (χ4n) is 3.32. The number of aryl methyl sites for hydroxylation is 1. The summed E-state index contributed by atoms with van der Waals surface area (Å²) < 4.78 is 1.71. The van der Waals surface area contributed by atoms with E-state index < -0.39 is 0 Å². The third kappa shape index (κ3) is 3.24. The van der Waals surface area contributed by atoms with Crippen molar-refractivity contribution >= 4 is 11.6 Å². The first kappa shape index (κ1) is 15.7. The zero-order valence-corrected chi connectivity index (χ0v) is 14.3. The summed E-state index contributed by atoms with van der Waals surface area (Å²) in [4.78, 5) is 12.2. The monoisotopic (exact) mass is 335 g/mol. The Balaban J connectivity index is 1.56. The number of fused-ring (bicyclic) bond motifs is 1. The van der Waals surface area contributed by atoms with E-state index in [4.69, 9.17) is 0 Å². The molecule has 1 amide bonds. The molecule has 1 aliphatic carbocycles. The summed E-state index contributed by atoms with van der Waals surface area (Å²) in [5.74, 6) is 0.912. The molecule has 1 aromatic carbocycles. The molecule has 2 heterocycles. The van der Waals surface area contributed by atoms with Gasteiger partial charge in [0, 0.05) is 11.5 Å². The molecule has 2 aromatic heterocycles. The molecule has 0 spiro atoms. The molecule has 6 heteroatoms. The lowest BCUT2D eigenvalue weighted by molar-refractivity contribution is -0.125. The predicted octanol–water partition coefficient (Wildman–Crippen LogP) is 2.91. The van der Waals surface area contributed by atoms with Gasteiger partial charge in [0.15, 0.2) is 11.5 Å². The number of carbonyl (C=O) groups excluding carboxylic acids is 1. The van der Waals surface area contributed by atoms with Crippen molar-refractivity contribution in [2.75, 3.05) is 0 Å². The maximum atomic E-state index is 12.2. The van der Waals surface area contributed by atoms with Gasteiger partial charge in [0.2, 0.25) is 5.91 Å². The van der Waals surface area contributed by atoms with Crippen LogP contribution in [0.15, 0.2) is 36.4 Å². The van der Waals surface area contributed by atoms with Gasteiger partial charge >= 0.3 is 0 Å². The molecule has 0 radical (unpaired) electrons. The smallest absolute Gasteiger partial charge is 0.223 e. The topological polar surface area (TPSA) is 72.2 Å². The van der Waals surface area contributed by atoms with Gasteiger partial charge in [-0.1, -0.05) is 42.7 Å². The van der Waals surface area contributed by atoms with E-state index >= 15 is 0 Å². The van der Waals surface area contributed by atoms with Gasteiger partial charge in [-0.25, -0.2) is 0 Å². The Morgan fingerprint density at radius 3 is 2.64 bits per heavy atom. The Bertz CT molecular complexity index is 894. The molecule has 128 valence electrons. The highest BCUT2D eigenvalue weighted by atomic mass is 16.1. The Hall–Kier alpha value is -2.76. The minimum atomic E-state index is 0.115. The summed E-state index contributed by atoms with van der Waals surface area (Å²) in [6.07, 6.45) is 4.27. The normalized spacial score (nSPS) is 14.9. The standard InChI is InChI=1S/C19H21N5O/c1-13-6-8-14(9-7-13)16-10-11-17-21-22-18(24(17)23-16)12-20-19(25)15-4-2-3-5-15/h6-11,15H,2-5,12H2,1H3,(H,20,25). The SMILES string of the molecule is Cc1ccc(-c2ccc3nnc(CNC(=O)C4CCCC4)n3n2)cc1. The van der Waals surface area contributed by atoms with Crippen LogP contribution >= 0.6 is 0 Å². The molecule has 3 aromatic rings. The van der Waals surface area contributed by atoms with E-state index in [1.165, 1.54) is 5.56 Å². The van der Waals surface area contributed by atoms with Crippen LogP contribution in [0.5, 0.6) is 0 Å². The van der Waals surface area contributed by atoms with Crippen molar-refractivity contribution in [3.05, 3.63) is 47.8 Å². The van der Waals surface area contributed by atoms with Crippen LogP contribution in [0.25, 0.3) is 16.9 Å². The average molecular weight is 335 g/mol. The lowest BCUT2D eigenvalue weighted by atomic mass is 10.1. The van der Waals surface area contributed by atoms with E-state index in [1.807, 2.05) is 12.1 Å². The zero-order chi connectivity index (χ0) is 17.2. The van der Waals surface area contributed by atoms with Crippen molar-refractivity contribution in [3.63, 3.8) is 0 Å². The van der Waals surface area contributed by atoms with Gasteiger partial charge in [0.25, 0.3) is 0 Å².